The van der Waals surface area contributed by atoms with E-state index < -0.39 is 10.1 Å². The van der Waals surface area contributed by atoms with Gasteiger partial charge in [0.25, 0.3) is 0 Å². The first-order valence-corrected chi connectivity index (χ1v) is 9.96. The van der Waals surface area contributed by atoms with E-state index in [-0.39, 0.29) is 17.1 Å². The van der Waals surface area contributed by atoms with Crippen LogP contribution in [0.3, 0.4) is 0 Å². The molecule has 2 atom stereocenters. The van der Waals surface area contributed by atoms with Crippen molar-refractivity contribution in [3.05, 3.63) is 60.7 Å². The normalized spacial score (nSPS) is 20.3. The highest BCUT2D eigenvalue weighted by molar-refractivity contribution is 7.85. The average molecular weight is 373 g/mol. The number of hydrogen-bond donors (Lipinski definition) is 0. The molecule has 1 fully saturated rings. The molecule has 1 aliphatic rings. The summed E-state index contributed by atoms with van der Waals surface area (Å²) in [6, 6.07) is 13.4. The molecule has 6 heteroatoms. The Balaban J connectivity index is 1.58. The molecule has 0 aromatic heterocycles. The molecule has 0 spiro atoms. The number of ether oxygens (including phenoxy) is 2. The first kappa shape index (κ1) is 18.5. The fourth-order valence-electron chi connectivity index (χ4n) is 3.07. The third-order valence-corrected chi connectivity index (χ3v) is 5.26. The van der Waals surface area contributed by atoms with Crippen LogP contribution in [0.2, 0.25) is 0 Å². The maximum Gasteiger partial charge on any atom is 0.124 e. The van der Waals surface area contributed by atoms with Crippen molar-refractivity contribution in [1.29, 1.82) is 0 Å². The van der Waals surface area contributed by atoms with Gasteiger partial charge in [-0.05, 0) is 61.2 Å². The molecular formula is C20H21O5S-. The van der Waals surface area contributed by atoms with Crippen LogP contribution in [0.1, 0.15) is 31.2 Å². The van der Waals surface area contributed by atoms with Gasteiger partial charge in [-0.25, -0.2) is 8.42 Å². The van der Waals surface area contributed by atoms with E-state index in [9.17, 15) is 13.0 Å². The van der Waals surface area contributed by atoms with E-state index in [4.69, 9.17) is 9.47 Å². The molecule has 0 bridgehead atoms. The predicted molar refractivity (Wildman–Crippen MR) is 98.2 cm³/mol. The van der Waals surface area contributed by atoms with Gasteiger partial charge in [0, 0.05) is 6.42 Å². The number of rotatable bonds is 6. The van der Waals surface area contributed by atoms with Gasteiger partial charge in [-0.1, -0.05) is 24.8 Å². The molecule has 0 amide bonds. The van der Waals surface area contributed by atoms with E-state index in [0.717, 1.165) is 37.0 Å². The molecule has 3 rings (SSSR count). The molecule has 2 aromatic carbocycles. The summed E-state index contributed by atoms with van der Waals surface area (Å²) in [5, 5.41) is 0. The topological polar surface area (TPSA) is 75.7 Å². The van der Waals surface area contributed by atoms with Crippen molar-refractivity contribution in [2.24, 2.45) is 0 Å². The van der Waals surface area contributed by atoms with Crippen LogP contribution in [0, 0.1) is 0 Å². The van der Waals surface area contributed by atoms with Gasteiger partial charge in [0.2, 0.25) is 0 Å². The van der Waals surface area contributed by atoms with Crippen LogP contribution < -0.4 is 9.47 Å². The Morgan fingerprint density at radius 2 is 1.42 bits per heavy atom. The minimum Gasteiger partial charge on any atom is -0.744 e. The molecular weight excluding hydrogens is 352 g/mol. The smallest absolute Gasteiger partial charge is 0.124 e. The predicted octanol–water partition coefficient (Wildman–Crippen LogP) is 4.00. The van der Waals surface area contributed by atoms with Crippen molar-refractivity contribution in [2.45, 2.75) is 42.8 Å². The van der Waals surface area contributed by atoms with Gasteiger partial charge in [0.15, 0.2) is 0 Å². The van der Waals surface area contributed by atoms with Crippen molar-refractivity contribution >= 4 is 16.2 Å². The lowest BCUT2D eigenvalue weighted by Gasteiger charge is -2.30. The van der Waals surface area contributed by atoms with Crippen LogP contribution in [0.5, 0.6) is 11.5 Å². The second-order valence-corrected chi connectivity index (χ2v) is 7.72. The Labute approximate surface area is 154 Å². The minimum absolute atomic E-state index is 0.00379. The zero-order valence-corrected chi connectivity index (χ0v) is 15.2. The Morgan fingerprint density at radius 1 is 0.923 bits per heavy atom. The molecule has 1 saturated carbocycles. The fraction of sp³-hybridized carbons (Fsp3) is 0.300. The van der Waals surface area contributed by atoms with Gasteiger partial charge in [-0.15, -0.1) is 0 Å². The maximum absolute atomic E-state index is 11.0. The largest absolute Gasteiger partial charge is 0.744 e. The lowest BCUT2D eigenvalue weighted by Crippen LogP contribution is -2.31. The standard InChI is InChI=1S/C20H22O5S/c1-2-15-6-8-16(9-7-15)24-18-4-3-5-19(14-18)25-17-10-12-20(13-11-17)26(21,22)23/h2,6-13,18-19H,1,3-5,14H2,(H,21,22,23)/p-1. The Morgan fingerprint density at radius 3 is 1.88 bits per heavy atom. The molecule has 1 aliphatic carbocycles. The molecule has 26 heavy (non-hydrogen) atoms. The van der Waals surface area contributed by atoms with Gasteiger partial charge < -0.3 is 14.0 Å². The Kier molecular flexibility index (Phi) is 5.64. The highest BCUT2D eigenvalue weighted by atomic mass is 32.2. The summed E-state index contributed by atoms with van der Waals surface area (Å²) in [6.45, 7) is 3.74. The van der Waals surface area contributed by atoms with Crippen molar-refractivity contribution in [1.82, 2.24) is 0 Å². The Bertz CT molecular complexity index is 841. The zero-order valence-electron chi connectivity index (χ0n) is 14.3. The summed E-state index contributed by atoms with van der Waals surface area (Å²) in [5.74, 6) is 1.38. The highest BCUT2D eigenvalue weighted by Gasteiger charge is 2.24. The number of hydrogen-bond acceptors (Lipinski definition) is 5. The van der Waals surface area contributed by atoms with Crippen LogP contribution in [0.4, 0.5) is 0 Å². The first-order chi connectivity index (χ1) is 12.4. The monoisotopic (exact) mass is 373 g/mol. The average Bonchev–Trinajstić information content (AvgIpc) is 2.62. The van der Waals surface area contributed by atoms with Gasteiger partial charge >= 0.3 is 0 Å². The van der Waals surface area contributed by atoms with Gasteiger partial charge in [0.1, 0.15) is 33.8 Å². The van der Waals surface area contributed by atoms with Crippen molar-refractivity contribution < 1.29 is 22.4 Å². The quantitative estimate of drug-likeness (QED) is 0.715. The van der Waals surface area contributed by atoms with Crippen LogP contribution >= 0.6 is 0 Å². The molecule has 0 N–H and O–H groups in total. The second kappa shape index (κ2) is 7.93. The zero-order chi connectivity index (χ0) is 18.6. The SMILES string of the molecule is C=Cc1ccc(OC2CCCC(Oc3ccc(S(=O)(=O)[O-])cc3)C2)cc1. The van der Waals surface area contributed by atoms with Crippen molar-refractivity contribution in [3.8, 4) is 11.5 Å². The third-order valence-electron chi connectivity index (χ3n) is 4.41. The van der Waals surface area contributed by atoms with E-state index in [1.54, 1.807) is 6.08 Å². The van der Waals surface area contributed by atoms with E-state index in [0.29, 0.717) is 5.75 Å². The second-order valence-electron chi connectivity index (χ2n) is 6.35. The summed E-state index contributed by atoms with van der Waals surface area (Å²) >= 11 is 0. The van der Waals surface area contributed by atoms with Crippen molar-refractivity contribution in [3.63, 3.8) is 0 Å². The molecule has 2 unspecified atom stereocenters. The van der Waals surface area contributed by atoms with Gasteiger partial charge in [-0.2, -0.15) is 0 Å². The fourth-order valence-corrected chi connectivity index (χ4v) is 3.54. The lowest BCUT2D eigenvalue weighted by atomic mass is 9.94. The maximum atomic E-state index is 11.0. The summed E-state index contributed by atoms with van der Waals surface area (Å²) in [7, 11) is -4.43. The van der Waals surface area contributed by atoms with Gasteiger partial charge in [0.05, 0.1) is 4.90 Å². The molecule has 138 valence electrons. The van der Waals surface area contributed by atoms with E-state index in [2.05, 4.69) is 6.58 Å². The lowest BCUT2D eigenvalue weighted by molar-refractivity contribution is 0.0680. The molecule has 0 aliphatic heterocycles. The minimum atomic E-state index is -4.43. The molecule has 2 aromatic rings. The summed E-state index contributed by atoms with van der Waals surface area (Å²) < 4.78 is 44.9. The highest BCUT2D eigenvalue weighted by Crippen LogP contribution is 2.28. The molecule has 0 saturated heterocycles. The summed E-state index contributed by atoms with van der Waals surface area (Å²) in [6.07, 6.45) is 5.49. The summed E-state index contributed by atoms with van der Waals surface area (Å²) in [5.41, 5.74) is 1.05. The summed E-state index contributed by atoms with van der Waals surface area (Å²) in [4.78, 5) is -0.252. The third kappa shape index (κ3) is 4.86. The number of benzene rings is 2. The van der Waals surface area contributed by atoms with Crippen molar-refractivity contribution in [2.75, 3.05) is 0 Å². The Hall–Kier alpha value is -2.31. The molecule has 0 heterocycles. The van der Waals surface area contributed by atoms with Gasteiger partial charge in [-0.3, -0.25) is 0 Å². The first-order valence-electron chi connectivity index (χ1n) is 8.56. The van der Waals surface area contributed by atoms with Crippen LogP contribution in [-0.2, 0) is 10.1 Å². The molecule has 0 radical (unpaired) electrons. The van der Waals surface area contributed by atoms with E-state index in [1.807, 2.05) is 24.3 Å². The van der Waals surface area contributed by atoms with E-state index in [1.165, 1.54) is 24.3 Å². The molecule has 5 nitrogen and oxygen atoms in total. The van der Waals surface area contributed by atoms with Crippen LogP contribution in [-0.4, -0.2) is 25.2 Å². The van der Waals surface area contributed by atoms with E-state index >= 15 is 0 Å². The van der Waals surface area contributed by atoms with Crippen LogP contribution in [0.25, 0.3) is 6.08 Å². The van der Waals surface area contributed by atoms with Crippen LogP contribution in [0.15, 0.2) is 60.0 Å².